The van der Waals surface area contributed by atoms with E-state index in [4.69, 9.17) is 0 Å². The van der Waals surface area contributed by atoms with Gasteiger partial charge in [-0.15, -0.1) is 0 Å². The van der Waals surface area contributed by atoms with Crippen molar-refractivity contribution in [3.8, 4) is 0 Å². The van der Waals surface area contributed by atoms with Gasteiger partial charge < -0.3 is 10.3 Å². The summed E-state index contributed by atoms with van der Waals surface area (Å²) in [6.07, 6.45) is 8.32. The molecule has 3 atom stereocenters. The number of aromatic nitrogens is 1. The van der Waals surface area contributed by atoms with Crippen molar-refractivity contribution in [2.75, 3.05) is 11.9 Å². The fourth-order valence-corrected chi connectivity index (χ4v) is 5.89. The Morgan fingerprint density at radius 2 is 2.00 bits per heavy atom. The van der Waals surface area contributed by atoms with Gasteiger partial charge in [0, 0.05) is 35.2 Å². The van der Waals surface area contributed by atoms with Crippen LogP contribution in [-0.2, 0) is 10.0 Å². The molecule has 0 spiro atoms. The number of aromatic amines is 1. The maximum absolute atomic E-state index is 12.6. The van der Waals surface area contributed by atoms with Gasteiger partial charge in [-0.25, -0.2) is 13.1 Å². The molecule has 0 amide bonds. The summed E-state index contributed by atoms with van der Waals surface area (Å²) in [6, 6.07) is 14.0. The van der Waals surface area contributed by atoms with Gasteiger partial charge in [0.05, 0.1) is 10.9 Å². The van der Waals surface area contributed by atoms with Crippen molar-refractivity contribution in [1.29, 1.82) is 0 Å². The minimum atomic E-state index is -3.48. The second-order valence-electron chi connectivity index (χ2n) is 7.91. The minimum Gasteiger partial charge on any atom is -0.378 e. The lowest BCUT2D eigenvalue weighted by atomic mass is 9.77. The van der Waals surface area contributed by atoms with Crippen LogP contribution in [0.15, 0.2) is 65.7 Å². The lowest BCUT2D eigenvalue weighted by molar-refractivity contribution is 0.427. The van der Waals surface area contributed by atoms with Crippen LogP contribution in [-0.4, -0.2) is 19.9 Å². The van der Waals surface area contributed by atoms with E-state index < -0.39 is 10.0 Å². The van der Waals surface area contributed by atoms with E-state index in [1.165, 1.54) is 10.9 Å². The Balaban J connectivity index is 1.55. The molecule has 29 heavy (non-hydrogen) atoms. The monoisotopic (exact) mass is 407 g/mol. The van der Waals surface area contributed by atoms with Gasteiger partial charge >= 0.3 is 0 Å². The van der Waals surface area contributed by atoms with Gasteiger partial charge in [-0.2, -0.15) is 0 Å². The Morgan fingerprint density at radius 1 is 1.14 bits per heavy atom. The molecule has 0 radical (unpaired) electrons. The van der Waals surface area contributed by atoms with Gasteiger partial charge in [0.25, 0.3) is 0 Å². The fraction of sp³-hybridized carbons (Fsp3) is 0.304. The molecule has 2 heterocycles. The molecule has 5 nitrogen and oxygen atoms in total. The van der Waals surface area contributed by atoms with Crippen LogP contribution in [0.4, 0.5) is 5.69 Å². The normalized spacial score (nSPS) is 23.0. The summed E-state index contributed by atoms with van der Waals surface area (Å²) in [4.78, 5) is 3.73. The van der Waals surface area contributed by atoms with Crippen LogP contribution >= 0.6 is 0 Å². The smallest absolute Gasteiger partial charge is 0.240 e. The number of fused-ring (bicyclic) bond motifs is 4. The third kappa shape index (κ3) is 3.07. The Bertz CT molecular complexity index is 1200. The van der Waals surface area contributed by atoms with E-state index in [1.807, 2.05) is 25.1 Å². The average molecular weight is 408 g/mol. The number of para-hydroxylation sites is 1. The van der Waals surface area contributed by atoms with Crippen LogP contribution in [0.1, 0.15) is 42.9 Å². The minimum absolute atomic E-state index is 0.180. The van der Waals surface area contributed by atoms with Gasteiger partial charge in [0.15, 0.2) is 0 Å². The van der Waals surface area contributed by atoms with Crippen LogP contribution < -0.4 is 10.0 Å². The summed E-state index contributed by atoms with van der Waals surface area (Å²) in [5.74, 6) is 0.578. The number of rotatable bonds is 5. The molecule has 3 unspecified atom stereocenters. The quantitative estimate of drug-likeness (QED) is 0.538. The van der Waals surface area contributed by atoms with E-state index in [9.17, 15) is 8.42 Å². The van der Waals surface area contributed by atoms with Crippen LogP contribution in [0.2, 0.25) is 0 Å². The molecule has 1 aliphatic carbocycles. The zero-order valence-corrected chi connectivity index (χ0v) is 17.2. The number of H-pyrrole nitrogens is 1. The van der Waals surface area contributed by atoms with E-state index in [2.05, 4.69) is 51.6 Å². The molecule has 0 saturated carbocycles. The maximum Gasteiger partial charge on any atom is 0.240 e. The second-order valence-corrected chi connectivity index (χ2v) is 9.68. The highest BCUT2D eigenvalue weighted by Gasteiger charge is 2.39. The lowest BCUT2D eigenvalue weighted by Crippen LogP contribution is -2.30. The number of sulfonamides is 1. The van der Waals surface area contributed by atoms with Crippen molar-refractivity contribution in [3.05, 3.63) is 71.9 Å². The zero-order valence-electron chi connectivity index (χ0n) is 16.4. The zero-order chi connectivity index (χ0) is 20.0. The predicted octanol–water partition coefficient (Wildman–Crippen LogP) is 4.68. The molecule has 3 aromatic rings. The first-order valence-corrected chi connectivity index (χ1v) is 11.7. The Morgan fingerprint density at radius 3 is 2.86 bits per heavy atom. The van der Waals surface area contributed by atoms with Crippen LogP contribution in [0, 0.1) is 5.92 Å². The van der Waals surface area contributed by atoms with Gasteiger partial charge in [-0.1, -0.05) is 37.3 Å². The summed E-state index contributed by atoms with van der Waals surface area (Å²) < 4.78 is 27.9. The molecular weight excluding hydrogens is 382 g/mol. The number of hydrogen-bond acceptors (Lipinski definition) is 3. The standard InChI is InChI=1S/C23H25N3O2S/c1-2-12-25-29(27,28)15-10-11-22-19(13-15)16-7-5-8-18(16)23(26-22)20-14-24-21-9-4-3-6-17(20)21/h3-7,9-11,13-14,16,18,23-26H,2,8,12H2,1H3. The van der Waals surface area contributed by atoms with Gasteiger partial charge in [0.2, 0.25) is 10.0 Å². The number of allylic oxidation sites excluding steroid dienone is 2. The van der Waals surface area contributed by atoms with Crippen LogP contribution in [0.25, 0.3) is 10.9 Å². The van der Waals surface area contributed by atoms with E-state index in [0.29, 0.717) is 17.4 Å². The number of anilines is 1. The largest absolute Gasteiger partial charge is 0.378 e. The van der Waals surface area contributed by atoms with Crippen molar-refractivity contribution in [3.63, 3.8) is 0 Å². The molecule has 6 heteroatoms. The number of hydrogen-bond donors (Lipinski definition) is 3. The highest BCUT2D eigenvalue weighted by Crippen LogP contribution is 2.51. The first-order valence-electron chi connectivity index (χ1n) is 10.2. The highest BCUT2D eigenvalue weighted by molar-refractivity contribution is 7.89. The summed E-state index contributed by atoms with van der Waals surface area (Å²) in [5, 5.41) is 4.95. The molecule has 0 fully saturated rings. The molecule has 1 aromatic heterocycles. The van der Waals surface area contributed by atoms with Crippen molar-refractivity contribution >= 4 is 26.6 Å². The van der Waals surface area contributed by atoms with Crippen molar-refractivity contribution in [2.45, 2.75) is 36.6 Å². The molecule has 1 aliphatic heterocycles. The van der Waals surface area contributed by atoms with Crippen molar-refractivity contribution in [1.82, 2.24) is 9.71 Å². The molecule has 2 aromatic carbocycles. The van der Waals surface area contributed by atoms with E-state index >= 15 is 0 Å². The average Bonchev–Trinajstić information content (AvgIpc) is 3.39. The molecule has 150 valence electrons. The summed E-state index contributed by atoms with van der Waals surface area (Å²) in [5.41, 5.74) is 4.49. The first-order chi connectivity index (χ1) is 14.1. The molecule has 3 N–H and O–H groups in total. The van der Waals surface area contributed by atoms with Gasteiger partial charge in [0.1, 0.15) is 0 Å². The lowest BCUT2D eigenvalue weighted by Gasteiger charge is -2.37. The van der Waals surface area contributed by atoms with Crippen molar-refractivity contribution < 1.29 is 8.42 Å². The Hall–Kier alpha value is -2.57. The van der Waals surface area contributed by atoms with E-state index in [0.717, 1.165) is 29.6 Å². The summed E-state index contributed by atoms with van der Waals surface area (Å²) in [7, 11) is -3.48. The Labute approximate surface area is 171 Å². The molecule has 2 aliphatic rings. The highest BCUT2D eigenvalue weighted by atomic mass is 32.2. The fourth-order valence-electron chi connectivity index (χ4n) is 4.72. The SMILES string of the molecule is CCCNS(=O)(=O)c1ccc2c(c1)C1C=CCC1C(c1c[nH]c3ccccc13)N2. The van der Waals surface area contributed by atoms with E-state index in [1.54, 1.807) is 6.07 Å². The van der Waals surface area contributed by atoms with E-state index in [-0.39, 0.29) is 12.0 Å². The third-order valence-corrected chi connectivity index (χ3v) is 7.60. The molecule has 0 saturated heterocycles. The second kappa shape index (κ2) is 7.04. The first kappa shape index (κ1) is 18.5. The number of nitrogens with one attached hydrogen (secondary N) is 3. The third-order valence-electron chi connectivity index (χ3n) is 6.14. The van der Waals surface area contributed by atoms with Crippen molar-refractivity contribution in [2.24, 2.45) is 5.92 Å². The molecular formula is C23H25N3O2S. The Kier molecular flexibility index (Phi) is 4.48. The number of benzene rings is 2. The summed E-state index contributed by atoms with van der Waals surface area (Å²) in [6.45, 7) is 2.41. The topological polar surface area (TPSA) is 74.0 Å². The van der Waals surface area contributed by atoms with Crippen LogP contribution in [0.5, 0.6) is 0 Å². The summed E-state index contributed by atoms with van der Waals surface area (Å²) >= 11 is 0. The maximum atomic E-state index is 12.6. The van der Waals surface area contributed by atoms with Gasteiger partial charge in [-0.05, 0) is 54.2 Å². The molecule has 5 rings (SSSR count). The predicted molar refractivity (Wildman–Crippen MR) is 117 cm³/mol. The molecule has 0 bridgehead atoms. The van der Waals surface area contributed by atoms with Crippen LogP contribution in [0.3, 0.4) is 0 Å². The van der Waals surface area contributed by atoms with Gasteiger partial charge in [-0.3, -0.25) is 0 Å².